The Labute approximate surface area is 182 Å². The quantitative estimate of drug-likeness (QED) is 0.200. The Bertz CT molecular complexity index is 501. The molecule has 0 radical (unpaired) electrons. The number of aliphatic hydroxyl groups excluding tert-OH is 2. The third kappa shape index (κ3) is 8.59. The van der Waals surface area contributed by atoms with Crippen LogP contribution in [0.2, 0.25) is 0 Å². The van der Waals surface area contributed by atoms with Crippen molar-refractivity contribution < 1.29 is 19.7 Å². The molecule has 2 aliphatic carbocycles. The minimum atomic E-state index is -0.361. The minimum absolute atomic E-state index is 0.00695. The van der Waals surface area contributed by atoms with E-state index in [1.165, 1.54) is 19.3 Å². The second-order valence-electron chi connectivity index (χ2n) is 9.33. The number of alkyl halides is 1. The molecule has 0 unspecified atom stereocenters. The SMILES string of the molecule is CC(C)OC(=O)CCCC=CC[C@@H]1[C@@H](CC[C@@H](O)C2CCCCC2)[C@H](O)C[C@H]1Cl. The highest BCUT2D eigenvalue weighted by Crippen LogP contribution is 2.42. The number of aliphatic hydroxyl groups is 2. The van der Waals surface area contributed by atoms with Gasteiger partial charge in [0.2, 0.25) is 0 Å². The molecule has 29 heavy (non-hydrogen) atoms. The Morgan fingerprint density at radius 2 is 1.90 bits per heavy atom. The van der Waals surface area contributed by atoms with Gasteiger partial charge in [0.15, 0.2) is 0 Å². The highest BCUT2D eigenvalue weighted by molar-refractivity contribution is 6.21. The predicted octanol–water partition coefficient (Wildman–Crippen LogP) is 5.38. The van der Waals surface area contributed by atoms with Crippen LogP contribution in [-0.4, -0.2) is 39.9 Å². The number of ether oxygens (including phenoxy) is 1. The summed E-state index contributed by atoms with van der Waals surface area (Å²) in [6.45, 7) is 3.72. The van der Waals surface area contributed by atoms with E-state index in [2.05, 4.69) is 12.2 Å². The lowest BCUT2D eigenvalue weighted by Gasteiger charge is -2.29. The number of hydrogen-bond donors (Lipinski definition) is 2. The van der Waals surface area contributed by atoms with Crippen LogP contribution in [0.4, 0.5) is 0 Å². The second kappa shape index (κ2) is 13.0. The van der Waals surface area contributed by atoms with E-state index in [9.17, 15) is 15.0 Å². The Morgan fingerprint density at radius 3 is 2.59 bits per heavy atom. The number of rotatable bonds is 11. The normalized spacial score (nSPS) is 29.6. The molecule has 0 spiro atoms. The van der Waals surface area contributed by atoms with Crippen LogP contribution in [-0.2, 0) is 9.53 Å². The highest BCUT2D eigenvalue weighted by atomic mass is 35.5. The lowest BCUT2D eigenvalue weighted by atomic mass is 9.81. The summed E-state index contributed by atoms with van der Waals surface area (Å²) < 4.78 is 5.14. The Kier molecular flexibility index (Phi) is 11.0. The number of carbonyl (C=O) groups is 1. The maximum Gasteiger partial charge on any atom is 0.306 e. The first-order chi connectivity index (χ1) is 13.9. The number of hydrogen-bond acceptors (Lipinski definition) is 4. The van der Waals surface area contributed by atoms with Gasteiger partial charge in [0.1, 0.15) is 0 Å². The molecule has 4 nitrogen and oxygen atoms in total. The van der Waals surface area contributed by atoms with Crippen LogP contribution in [0.15, 0.2) is 12.2 Å². The monoisotopic (exact) mass is 428 g/mol. The fourth-order valence-electron chi connectivity index (χ4n) is 5.04. The zero-order chi connectivity index (χ0) is 21.2. The fraction of sp³-hybridized carbons (Fsp3) is 0.875. The van der Waals surface area contributed by atoms with Gasteiger partial charge < -0.3 is 14.9 Å². The molecule has 2 saturated carbocycles. The summed E-state index contributed by atoms with van der Waals surface area (Å²) >= 11 is 6.54. The summed E-state index contributed by atoms with van der Waals surface area (Å²) in [5, 5.41) is 21.1. The average Bonchev–Trinajstić information content (AvgIpc) is 2.95. The van der Waals surface area contributed by atoms with Crippen molar-refractivity contribution in [1.82, 2.24) is 0 Å². The van der Waals surface area contributed by atoms with Gasteiger partial charge in [-0.15, -0.1) is 11.6 Å². The molecule has 2 fully saturated rings. The Morgan fingerprint density at radius 1 is 1.17 bits per heavy atom. The van der Waals surface area contributed by atoms with Crippen molar-refractivity contribution in [3.63, 3.8) is 0 Å². The van der Waals surface area contributed by atoms with Crippen LogP contribution in [0.25, 0.3) is 0 Å². The van der Waals surface area contributed by atoms with Crippen molar-refractivity contribution in [1.29, 1.82) is 0 Å². The summed E-state index contributed by atoms with van der Waals surface area (Å²) in [6, 6.07) is 0. The summed E-state index contributed by atoms with van der Waals surface area (Å²) in [5.74, 6) is 0.730. The van der Waals surface area contributed by atoms with Gasteiger partial charge in [-0.3, -0.25) is 4.79 Å². The lowest BCUT2D eigenvalue weighted by Crippen LogP contribution is -2.26. The Balaban J connectivity index is 1.72. The summed E-state index contributed by atoms with van der Waals surface area (Å²) in [7, 11) is 0. The van der Waals surface area contributed by atoms with Gasteiger partial charge >= 0.3 is 5.97 Å². The topological polar surface area (TPSA) is 66.8 Å². The van der Waals surface area contributed by atoms with Crippen molar-refractivity contribution >= 4 is 17.6 Å². The third-order valence-corrected chi connectivity index (χ3v) is 7.16. The first kappa shape index (κ1) is 24.7. The smallest absolute Gasteiger partial charge is 0.306 e. The zero-order valence-electron chi connectivity index (χ0n) is 18.3. The summed E-state index contributed by atoms with van der Waals surface area (Å²) in [4.78, 5) is 11.5. The van der Waals surface area contributed by atoms with Crippen LogP contribution in [0, 0.1) is 17.8 Å². The van der Waals surface area contributed by atoms with E-state index in [0.29, 0.717) is 18.8 Å². The van der Waals surface area contributed by atoms with Crippen LogP contribution in [0.3, 0.4) is 0 Å². The molecule has 0 aromatic heterocycles. The second-order valence-corrected chi connectivity index (χ2v) is 9.89. The van der Waals surface area contributed by atoms with Crippen molar-refractivity contribution in [2.75, 3.05) is 0 Å². The molecule has 5 atom stereocenters. The maximum atomic E-state index is 11.5. The van der Waals surface area contributed by atoms with E-state index in [1.54, 1.807) is 0 Å². The number of halogens is 1. The Hall–Kier alpha value is -0.580. The van der Waals surface area contributed by atoms with E-state index < -0.39 is 0 Å². The van der Waals surface area contributed by atoms with Crippen molar-refractivity contribution in [3.8, 4) is 0 Å². The molecule has 0 aromatic rings. The first-order valence-electron chi connectivity index (χ1n) is 11.7. The molecule has 0 aliphatic heterocycles. The van der Waals surface area contributed by atoms with Gasteiger partial charge in [-0.2, -0.15) is 0 Å². The van der Waals surface area contributed by atoms with E-state index in [1.807, 2.05) is 13.8 Å². The molecular formula is C24H41ClO4. The molecule has 168 valence electrons. The zero-order valence-corrected chi connectivity index (χ0v) is 19.0. The van der Waals surface area contributed by atoms with E-state index in [-0.39, 0.29) is 41.5 Å². The van der Waals surface area contributed by atoms with Gasteiger partial charge in [0.25, 0.3) is 0 Å². The fourth-order valence-corrected chi connectivity index (χ4v) is 5.51. The van der Waals surface area contributed by atoms with Crippen LogP contribution in [0.1, 0.15) is 90.9 Å². The number of unbranched alkanes of at least 4 members (excludes halogenated alkanes) is 1. The van der Waals surface area contributed by atoms with Crippen molar-refractivity contribution in [2.45, 2.75) is 115 Å². The van der Waals surface area contributed by atoms with Gasteiger partial charge in [0, 0.05) is 11.8 Å². The predicted molar refractivity (Wildman–Crippen MR) is 118 cm³/mol. The molecule has 2 rings (SSSR count). The molecule has 5 heteroatoms. The highest BCUT2D eigenvalue weighted by Gasteiger charge is 2.40. The molecule has 0 bridgehead atoms. The van der Waals surface area contributed by atoms with E-state index in [4.69, 9.17) is 16.3 Å². The number of allylic oxidation sites excluding steroid dienone is 2. The van der Waals surface area contributed by atoms with Crippen LogP contribution >= 0.6 is 11.6 Å². The first-order valence-corrected chi connectivity index (χ1v) is 12.2. The maximum absolute atomic E-state index is 11.5. The number of esters is 1. The molecule has 0 aromatic carbocycles. The van der Waals surface area contributed by atoms with E-state index >= 15 is 0 Å². The molecule has 2 aliphatic rings. The van der Waals surface area contributed by atoms with Gasteiger partial charge in [-0.25, -0.2) is 0 Å². The van der Waals surface area contributed by atoms with Crippen LogP contribution in [0.5, 0.6) is 0 Å². The third-order valence-electron chi connectivity index (χ3n) is 6.66. The molecular weight excluding hydrogens is 388 g/mol. The molecule has 0 saturated heterocycles. The number of carbonyl (C=O) groups excluding carboxylic acids is 1. The van der Waals surface area contributed by atoms with Gasteiger partial charge in [-0.05, 0) is 83.0 Å². The van der Waals surface area contributed by atoms with Crippen molar-refractivity contribution in [3.05, 3.63) is 12.2 Å². The average molecular weight is 429 g/mol. The minimum Gasteiger partial charge on any atom is -0.463 e. The molecule has 2 N–H and O–H groups in total. The van der Waals surface area contributed by atoms with Crippen LogP contribution < -0.4 is 0 Å². The van der Waals surface area contributed by atoms with E-state index in [0.717, 1.165) is 44.9 Å². The van der Waals surface area contributed by atoms with Gasteiger partial charge in [0.05, 0.1) is 18.3 Å². The molecule has 0 heterocycles. The van der Waals surface area contributed by atoms with Gasteiger partial charge in [-0.1, -0.05) is 31.4 Å². The molecule has 0 amide bonds. The summed E-state index contributed by atoms with van der Waals surface area (Å²) in [5.41, 5.74) is 0. The summed E-state index contributed by atoms with van der Waals surface area (Å²) in [6.07, 6.45) is 14.9. The largest absolute Gasteiger partial charge is 0.463 e. The van der Waals surface area contributed by atoms with Crippen molar-refractivity contribution in [2.24, 2.45) is 17.8 Å². The lowest BCUT2D eigenvalue weighted by molar-refractivity contribution is -0.147. The standard InChI is InChI=1S/C24H41ClO4/c1-17(2)29-24(28)13-9-4-3-8-12-19-20(23(27)16-21(19)25)14-15-22(26)18-10-6-5-7-11-18/h3,8,17-23,26-27H,4-7,9-16H2,1-2H3/t19-,20-,21-,22-,23-/m1/s1.